The molecule has 0 aliphatic carbocycles. The number of aryl methyl sites for hydroxylation is 1. The lowest BCUT2D eigenvalue weighted by Crippen LogP contribution is -2.14. The van der Waals surface area contributed by atoms with Crippen molar-refractivity contribution in [3.05, 3.63) is 40.8 Å². The van der Waals surface area contributed by atoms with Crippen molar-refractivity contribution in [2.45, 2.75) is 18.4 Å². The molecule has 0 saturated heterocycles. The van der Waals surface area contributed by atoms with Crippen LogP contribution in [0.5, 0.6) is 5.75 Å². The van der Waals surface area contributed by atoms with E-state index < -0.39 is 10.0 Å². The number of benzene rings is 1. The first-order valence-electron chi connectivity index (χ1n) is 5.94. The number of hydrogen-bond donors (Lipinski definition) is 2. The van der Waals surface area contributed by atoms with Gasteiger partial charge in [-0.1, -0.05) is 11.6 Å². The van der Waals surface area contributed by atoms with Gasteiger partial charge in [0, 0.05) is 11.1 Å². The van der Waals surface area contributed by atoms with Gasteiger partial charge in [0.05, 0.1) is 12.8 Å². The molecule has 0 radical (unpaired) electrons. The van der Waals surface area contributed by atoms with Gasteiger partial charge in [0.15, 0.2) is 0 Å². The molecule has 21 heavy (non-hydrogen) atoms. The number of furan rings is 1. The normalized spacial score (nSPS) is 11.4. The first-order chi connectivity index (χ1) is 9.87. The van der Waals surface area contributed by atoms with Crippen LogP contribution in [-0.2, 0) is 16.6 Å². The molecule has 2 aromatic rings. The third-order valence-electron chi connectivity index (χ3n) is 2.77. The number of halogens is 1. The topological polar surface area (TPSA) is 88.8 Å². The molecule has 1 heterocycles. The fourth-order valence-corrected chi connectivity index (χ4v) is 3.27. The summed E-state index contributed by atoms with van der Waals surface area (Å²) in [6.45, 7) is 1.12. The molecule has 8 heteroatoms. The minimum atomic E-state index is -3.88. The quantitative estimate of drug-likeness (QED) is 0.879. The van der Waals surface area contributed by atoms with Gasteiger partial charge in [-0.2, -0.15) is 0 Å². The van der Waals surface area contributed by atoms with E-state index >= 15 is 0 Å². The van der Waals surface area contributed by atoms with Crippen LogP contribution in [0.1, 0.15) is 11.5 Å². The number of aliphatic hydroxyl groups excluding tert-OH is 1. The van der Waals surface area contributed by atoms with Crippen LogP contribution in [0.3, 0.4) is 0 Å². The van der Waals surface area contributed by atoms with Crippen molar-refractivity contribution >= 4 is 27.3 Å². The Hall–Kier alpha value is -1.70. The Kier molecular flexibility index (Phi) is 4.46. The Morgan fingerprint density at radius 1 is 1.38 bits per heavy atom. The van der Waals surface area contributed by atoms with Crippen LogP contribution in [0.25, 0.3) is 0 Å². The summed E-state index contributed by atoms with van der Waals surface area (Å²) in [7, 11) is -2.45. The van der Waals surface area contributed by atoms with Crippen LogP contribution in [0, 0.1) is 6.92 Å². The molecule has 0 aliphatic heterocycles. The zero-order valence-corrected chi connectivity index (χ0v) is 13.0. The first kappa shape index (κ1) is 15.7. The maximum absolute atomic E-state index is 12.4. The highest BCUT2D eigenvalue weighted by atomic mass is 35.5. The average molecular weight is 332 g/mol. The number of ether oxygens (including phenoxy) is 1. The van der Waals surface area contributed by atoms with E-state index in [4.69, 9.17) is 25.9 Å². The third kappa shape index (κ3) is 3.31. The summed E-state index contributed by atoms with van der Waals surface area (Å²) in [5, 5.41) is 9.37. The zero-order valence-electron chi connectivity index (χ0n) is 11.4. The second-order valence-corrected chi connectivity index (χ2v) is 6.33. The fourth-order valence-electron chi connectivity index (χ4n) is 1.83. The van der Waals surface area contributed by atoms with Crippen LogP contribution in [0.2, 0.25) is 5.02 Å². The van der Waals surface area contributed by atoms with E-state index in [0.717, 1.165) is 0 Å². The van der Waals surface area contributed by atoms with Crippen molar-refractivity contribution in [3.63, 3.8) is 0 Å². The van der Waals surface area contributed by atoms with Gasteiger partial charge >= 0.3 is 0 Å². The molecular formula is C13H14ClNO5S. The fraction of sp³-hybridized carbons (Fsp3) is 0.231. The van der Waals surface area contributed by atoms with Crippen LogP contribution >= 0.6 is 11.6 Å². The average Bonchev–Trinajstić information content (AvgIpc) is 2.81. The number of nitrogens with one attached hydrogen (secondary N) is 1. The van der Waals surface area contributed by atoms with E-state index in [1.54, 1.807) is 12.1 Å². The smallest absolute Gasteiger partial charge is 0.265 e. The van der Waals surface area contributed by atoms with Crippen LogP contribution in [-0.4, -0.2) is 20.6 Å². The van der Waals surface area contributed by atoms with Crippen LogP contribution in [0.15, 0.2) is 33.6 Å². The molecule has 2 rings (SSSR count). The highest BCUT2D eigenvalue weighted by molar-refractivity contribution is 7.92. The molecule has 0 amide bonds. The lowest BCUT2D eigenvalue weighted by atomic mass is 10.3. The summed E-state index contributed by atoms with van der Waals surface area (Å²) in [5.74, 6) is 0.699. The Morgan fingerprint density at radius 2 is 2.10 bits per heavy atom. The van der Waals surface area contributed by atoms with E-state index in [1.807, 2.05) is 0 Å². The number of sulfonamides is 1. The molecule has 1 aromatic heterocycles. The summed E-state index contributed by atoms with van der Waals surface area (Å²) in [6.07, 6.45) is 0. The van der Waals surface area contributed by atoms with Crippen molar-refractivity contribution < 1.29 is 22.7 Å². The Bertz CT molecular complexity index is 754. The first-order valence-corrected chi connectivity index (χ1v) is 7.80. The molecule has 0 bridgehead atoms. The molecule has 0 atom stereocenters. The Balaban J connectivity index is 2.41. The molecular weight excluding hydrogens is 318 g/mol. The van der Waals surface area contributed by atoms with E-state index in [1.165, 1.54) is 26.2 Å². The molecule has 6 nitrogen and oxygen atoms in total. The van der Waals surface area contributed by atoms with Gasteiger partial charge < -0.3 is 14.3 Å². The molecule has 0 unspecified atom stereocenters. The second kappa shape index (κ2) is 5.97. The van der Waals surface area contributed by atoms with Gasteiger partial charge in [0.1, 0.15) is 28.8 Å². The minimum Gasteiger partial charge on any atom is -0.495 e. The molecule has 0 spiro atoms. The highest BCUT2D eigenvalue weighted by Gasteiger charge is 2.22. The molecule has 0 fully saturated rings. The minimum absolute atomic E-state index is 0.0476. The van der Waals surface area contributed by atoms with Gasteiger partial charge in [-0.15, -0.1) is 0 Å². The van der Waals surface area contributed by atoms with Gasteiger partial charge in [-0.05, 0) is 25.1 Å². The van der Waals surface area contributed by atoms with Crippen LogP contribution < -0.4 is 9.46 Å². The Morgan fingerprint density at radius 3 is 2.67 bits per heavy atom. The molecule has 114 valence electrons. The number of methoxy groups -OCH3 is 1. The number of rotatable bonds is 5. The van der Waals surface area contributed by atoms with Crippen molar-refractivity contribution in [1.29, 1.82) is 0 Å². The van der Waals surface area contributed by atoms with Crippen molar-refractivity contribution in [3.8, 4) is 5.75 Å². The maximum Gasteiger partial charge on any atom is 0.265 e. The highest BCUT2D eigenvalue weighted by Crippen LogP contribution is 2.31. The largest absolute Gasteiger partial charge is 0.495 e. The van der Waals surface area contributed by atoms with Gasteiger partial charge in [0.25, 0.3) is 10.0 Å². The van der Waals surface area contributed by atoms with E-state index in [2.05, 4.69) is 4.72 Å². The third-order valence-corrected chi connectivity index (χ3v) is 4.48. The predicted octanol–water partition coefficient (Wildman–Crippen LogP) is 2.54. The number of hydrogen-bond acceptors (Lipinski definition) is 5. The molecule has 2 N–H and O–H groups in total. The van der Waals surface area contributed by atoms with E-state index in [0.29, 0.717) is 10.8 Å². The lowest BCUT2D eigenvalue weighted by Gasteiger charge is -2.11. The predicted molar refractivity (Wildman–Crippen MR) is 78.2 cm³/mol. The Labute approximate surface area is 127 Å². The van der Waals surface area contributed by atoms with Crippen molar-refractivity contribution in [1.82, 2.24) is 0 Å². The SMILES string of the molecule is COc1ccc(Cl)cc1NS(=O)(=O)c1cc(CO)oc1C. The standard InChI is InChI=1S/C13H14ClNO5S/c1-8-13(6-10(7-16)20-8)21(17,18)15-11-5-9(14)3-4-12(11)19-2/h3-6,15-16H,7H2,1-2H3. The van der Waals surface area contributed by atoms with E-state index in [9.17, 15) is 8.42 Å². The summed E-state index contributed by atoms with van der Waals surface area (Å²) < 4.78 is 37.4. The number of aliphatic hydroxyl groups is 1. The summed E-state index contributed by atoms with van der Waals surface area (Å²) >= 11 is 5.86. The van der Waals surface area contributed by atoms with Crippen LogP contribution in [0.4, 0.5) is 5.69 Å². The summed E-state index contributed by atoms with van der Waals surface area (Å²) in [5.41, 5.74) is 0.219. The summed E-state index contributed by atoms with van der Waals surface area (Å²) in [6, 6.07) is 5.86. The van der Waals surface area contributed by atoms with Gasteiger partial charge in [-0.25, -0.2) is 8.42 Å². The lowest BCUT2D eigenvalue weighted by molar-refractivity contribution is 0.245. The maximum atomic E-state index is 12.4. The van der Waals surface area contributed by atoms with Gasteiger partial charge in [0.2, 0.25) is 0 Å². The molecule has 1 aromatic carbocycles. The monoisotopic (exact) mass is 331 g/mol. The van der Waals surface area contributed by atoms with Gasteiger partial charge in [-0.3, -0.25) is 4.72 Å². The van der Waals surface area contributed by atoms with Crippen molar-refractivity contribution in [2.75, 3.05) is 11.8 Å². The molecule has 0 aliphatic rings. The van der Waals surface area contributed by atoms with Crippen molar-refractivity contribution in [2.24, 2.45) is 0 Å². The molecule has 0 saturated carbocycles. The number of anilines is 1. The second-order valence-electron chi connectivity index (χ2n) is 4.24. The van der Waals surface area contributed by atoms with E-state index in [-0.39, 0.29) is 28.7 Å². The summed E-state index contributed by atoms with van der Waals surface area (Å²) in [4.78, 5) is -0.0476. The zero-order chi connectivity index (χ0) is 15.6.